The van der Waals surface area contributed by atoms with Crippen LogP contribution in [-0.4, -0.2) is 30.0 Å². The lowest BCUT2D eigenvalue weighted by molar-refractivity contribution is -0.525. The third-order valence-electron chi connectivity index (χ3n) is 3.22. The zero-order valence-electron chi connectivity index (χ0n) is 11.8. The van der Waals surface area contributed by atoms with E-state index in [1.54, 1.807) is 5.43 Å². The number of hydrogen-bond donors (Lipinski definition) is 4. The van der Waals surface area contributed by atoms with E-state index in [9.17, 15) is 14.9 Å². The quantitative estimate of drug-likeness (QED) is 0.204. The number of aliphatic imine (C=N–C) groups is 1. The lowest BCUT2D eigenvalue weighted by Gasteiger charge is -2.11. The first-order valence-electron chi connectivity index (χ1n) is 6.47. The second-order valence-electron chi connectivity index (χ2n) is 4.78. The molecule has 2 atom stereocenters. The van der Waals surface area contributed by atoms with Crippen molar-refractivity contribution < 1.29 is 9.83 Å². The summed E-state index contributed by atoms with van der Waals surface area (Å²) in [7, 11) is 0. The maximum absolute atomic E-state index is 11.4. The number of rotatable bonds is 7. The van der Waals surface area contributed by atoms with E-state index in [-0.39, 0.29) is 18.4 Å². The highest BCUT2D eigenvalue weighted by atomic mass is 16.7. The van der Waals surface area contributed by atoms with Crippen LogP contribution in [0.2, 0.25) is 0 Å². The van der Waals surface area contributed by atoms with E-state index in [1.165, 1.54) is 0 Å². The molecule has 0 heterocycles. The van der Waals surface area contributed by atoms with Crippen molar-refractivity contribution in [3.05, 3.63) is 33.4 Å². The first-order valence-corrected chi connectivity index (χ1v) is 6.47. The monoisotopic (exact) mass is 296 g/mol. The zero-order valence-corrected chi connectivity index (χ0v) is 11.8. The van der Waals surface area contributed by atoms with Crippen molar-refractivity contribution in [1.82, 2.24) is 5.43 Å². The van der Waals surface area contributed by atoms with Crippen LogP contribution in [0.5, 0.6) is 0 Å². The highest BCUT2D eigenvalue weighted by molar-refractivity contribution is 5.81. The van der Waals surface area contributed by atoms with E-state index in [4.69, 9.17) is 17.2 Å². The minimum Gasteiger partial charge on any atom is -0.369 e. The summed E-state index contributed by atoms with van der Waals surface area (Å²) in [4.78, 5) is 25.5. The summed E-state index contributed by atoms with van der Waals surface area (Å²) < 4.78 is 0. The standard InChI is InChI=1S/C12H20N6O3/c1-7-4-8(10(2-3-13)11(14)19)5-9(7)6-16-12(15)17-18(20)21/h4-5,7,10H,2-3,6,13H2,1H3,(H2,14,19)(H3,15,16,17). The van der Waals surface area contributed by atoms with Gasteiger partial charge in [0, 0.05) is 0 Å². The van der Waals surface area contributed by atoms with Gasteiger partial charge in [-0.15, -0.1) is 0 Å². The minimum absolute atomic E-state index is 0.0618. The Hall–Kier alpha value is -2.42. The third kappa shape index (κ3) is 4.88. The second-order valence-corrected chi connectivity index (χ2v) is 4.78. The largest absolute Gasteiger partial charge is 0.369 e. The maximum atomic E-state index is 11.4. The molecular formula is C12H20N6O3. The van der Waals surface area contributed by atoms with Crippen molar-refractivity contribution >= 4 is 11.9 Å². The average molecular weight is 296 g/mol. The summed E-state index contributed by atoms with van der Waals surface area (Å²) in [5.74, 6) is -1.05. The Bertz CT molecular complexity index is 511. The third-order valence-corrected chi connectivity index (χ3v) is 3.22. The zero-order chi connectivity index (χ0) is 16.0. The van der Waals surface area contributed by atoms with Crippen LogP contribution in [0, 0.1) is 22.0 Å². The molecule has 0 saturated carbocycles. The first kappa shape index (κ1) is 16.6. The van der Waals surface area contributed by atoms with Crippen LogP contribution in [0.3, 0.4) is 0 Å². The van der Waals surface area contributed by atoms with Gasteiger partial charge in [0.25, 0.3) is 5.96 Å². The fourth-order valence-electron chi connectivity index (χ4n) is 2.14. The van der Waals surface area contributed by atoms with E-state index < -0.39 is 16.9 Å². The van der Waals surface area contributed by atoms with Crippen LogP contribution in [0.4, 0.5) is 0 Å². The van der Waals surface area contributed by atoms with Gasteiger partial charge in [-0.3, -0.25) is 4.79 Å². The number of carbonyl (C=O) groups is 1. The molecule has 9 nitrogen and oxygen atoms in total. The van der Waals surface area contributed by atoms with Crippen molar-refractivity contribution in [2.24, 2.45) is 34.0 Å². The van der Waals surface area contributed by atoms with Gasteiger partial charge in [0.15, 0.2) is 5.03 Å². The fourth-order valence-corrected chi connectivity index (χ4v) is 2.14. The number of hydrazine groups is 1. The summed E-state index contributed by atoms with van der Waals surface area (Å²) >= 11 is 0. The molecule has 21 heavy (non-hydrogen) atoms. The summed E-state index contributed by atoms with van der Waals surface area (Å²) in [5.41, 5.74) is 19.7. The number of carbonyl (C=O) groups excluding carboxylic acids is 1. The number of nitrogens with one attached hydrogen (secondary N) is 1. The van der Waals surface area contributed by atoms with Gasteiger partial charge >= 0.3 is 0 Å². The smallest absolute Gasteiger partial charge is 0.251 e. The minimum atomic E-state index is -0.778. The lowest BCUT2D eigenvalue weighted by atomic mass is 9.95. The predicted octanol–water partition coefficient (Wildman–Crippen LogP) is -0.965. The number of primary amides is 1. The van der Waals surface area contributed by atoms with Gasteiger partial charge in [-0.2, -0.15) is 0 Å². The van der Waals surface area contributed by atoms with Crippen molar-refractivity contribution in [2.45, 2.75) is 13.3 Å². The van der Waals surface area contributed by atoms with Crippen LogP contribution in [0.1, 0.15) is 13.3 Å². The molecule has 0 radical (unpaired) electrons. The molecule has 0 spiro atoms. The molecule has 1 aliphatic rings. The van der Waals surface area contributed by atoms with Gasteiger partial charge < -0.3 is 17.2 Å². The van der Waals surface area contributed by atoms with E-state index >= 15 is 0 Å². The maximum Gasteiger partial charge on any atom is 0.251 e. The van der Waals surface area contributed by atoms with Gasteiger partial charge in [-0.05, 0) is 30.0 Å². The van der Waals surface area contributed by atoms with Crippen molar-refractivity contribution in [3.63, 3.8) is 0 Å². The normalized spacial score (nSPS) is 19.7. The van der Waals surface area contributed by atoms with Crippen molar-refractivity contribution in [2.75, 3.05) is 13.1 Å². The Morgan fingerprint density at radius 1 is 1.57 bits per heavy atom. The molecule has 0 aromatic heterocycles. The molecule has 0 aliphatic heterocycles. The predicted molar refractivity (Wildman–Crippen MR) is 78.3 cm³/mol. The number of guanidine groups is 1. The number of allylic oxidation sites excluding steroid dienone is 2. The number of nitro groups is 1. The average Bonchev–Trinajstić information content (AvgIpc) is 2.73. The van der Waals surface area contributed by atoms with E-state index in [0.717, 1.165) is 11.1 Å². The van der Waals surface area contributed by atoms with Crippen molar-refractivity contribution in [3.8, 4) is 0 Å². The molecule has 0 aromatic rings. The van der Waals surface area contributed by atoms with Crippen molar-refractivity contribution in [1.29, 1.82) is 0 Å². The molecule has 0 saturated heterocycles. The van der Waals surface area contributed by atoms with E-state index in [2.05, 4.69) is 4.99 Å². The number of nitrogens with two attached hydrogens (primary N) is 3. The first-order chi connectivity index (χ1) is 9.85. The molecule has 1 aliphatic carbocycles. The lowest BCUT2D eigenvalue weighted by Crippen LogP contribution is -2.36. The van der Waals surface area contributed by atoms with Gasteiger partial charge in [0.2, 0.25) is 5.91 Å². The molecule has 1 amide bonds. The van der Waals surface area contributed by atoms with Crippen LogP contribution < -0.4 is 22.6 Å². The Kier molecular flexibility index (Phi) is 5.85. The molecule has 2 unspecified atom stereocenters. The Labute approximate surface area is 122 Å². The highest BCUT2D eigenvalue weighted by Gasteiger charge is 2.24. The number of nitrogens with zero attached hydrogens (tertiary/aromatic N) is 2. The van der Waals surface area contributed by atoms with Crippen LogP contribution >= 0.6 is 0 Å². The summed E-state index contributed by atoms with van der Waals surface area (Å²) in [6.45, 7) is 2.51. The highest BCUT2D eigenvalue weighted by Crippen LogP contribution is 2.30. The Morgan fingerprint density at radius 3 is 2.76 bits per heavy atom. The van der Waals surface area contributed by atoms with Gasteiger partial charge in [-0.25, -0.2) is 15.1 Å². The van der Waals surface area contributed by atoms with Crippen LogP contribution in [-0.2, 0) is 4.79 Å². The van der Waals surface area contributed by atoms with Gasteiger partial charge in [-0.1, -0.05) is 24.5 Å². The summed E-state index contributed by atoms with van der Waals surface area (Å²) in [5, 5.41) is 9.43. The molecule has 7 N–H and O–H groups in total. The van der Waals surface area contributed by atoms with E-state index in [1.807, 2.05) is 19.1 Å². The molecule has 116 valence electrons. The second kappa shape index (κ2) is 7.39. The summed E-state index contributed by atoms with van der Waals surface area (Å²) in [6.07, 6.45) is 4.23. The Morgan fingerprint density at radius 2 is 2.24 bits per heavy atom. The molecule has 9 heteroatoms. The number of amides is 1. The molecule has 0 bridgehead atoms. The van der Waals surface area contributed by atoms with Gasteiger partial charge in [0.05, 0.1) is 12.5 Å². The molecule has 0 aromatic carbocycles. The fraction of sp³-hybridized carbons (Fsp3) is 0.500. The molecule has 0 fully saturated rings. The number of hydrogen-bond acceptors (Lipinski definition) is 5. The van der Waals surface area contributed by atoms with Gasteiger partial charge in [0.1, 0.15) is 0 Å². The summed E-state index contributed by atoms with van der Waals surface area (Å²) in [6, 6.07) is 0. The molecule has 1 rings (SSSR count). The van der Waals surface area contributed by atoms with Crippen LogP contribution in [0.15, 0.2) is 28.3 Å². The Balaban J connectivity index is 2.77. The topological polar surface area (TPSA) is 163 Å². The van der Waals surface area contributed by atoms with Crippen LogP contribution in [0.25, 0.3) is 0 Å². The van der Waals surface area contributed by atoms with E-state index in [0.29, 0.717) is 13.0 Å². The molecular weight excluding hydrogens is 276 g/mol. The SMILES string of the molecule is CC1C=C(C(CCN)C(N)=O)C=C1CN=C(N)N[N+](=O)[O-].